The molecule has 140 valence electrons. The Bertz CT molecular complexity index is 527. The second-order valence-corrected chi connectivity index (χ2v) is 6.36. The van der Waals surface area contributed by atoms with Gasteiger partial charge in [0.25, 0.3) is 5.91 Å². The van der Waals surface area contributed by atoms with Gasteiger partial charge in [-0.2, -0.15) is 0 Å². The fourth-order valence-electron chi connectivity index (χ4n) is 2.47. The van der Waals surface area contributed by atoms with Gasteiger partial charge in [0, 0.05) is 31.9 Å². The molecule has 0 saturated heterocycles. The molecule has 0 spiro atoms. The number of ether oxygens (including phenoxy) is 2. The number of unbranched alkanes of at least 4 members (excludes halogenated alkanes) is 1. The van der Waals surface area contributed by atoms with E-state index in [-0.39, 0.29) is 17.8 Å². The number of amides is 1. The van der Waals surface area contributed by atoms with Crippen LogP contribution in [-0.4, -0.2) is 50.2 Å². The van der Waals surface area contributed by atoms with E-state index in [0.29, 0.717) is 25.3 Å². The lowest BCUT2D eigenvalue weighted by molar-refractivity contribution is -0.145. The van der Waals surface area contributed by atoms with Crippen LogP contribution in [0.5, 0.6) is 0 Å². The van der Waals surface area contributed by atoms with Crippen molar-refractivity contribution in [2.45, 2.75) is 40.0 Å². The molecular weight excluding hydrogens is 318 g/mol. The van der Waals surface area contributed by atoms with Crippen LogP contribution in [0.25, 0.3) is 0 Å². The first-order valence-electron chi connectivity index (χ1n) is 9.01. The first kappa shape index (κ1) is 21.2. The van der Waals surface area contributed by atoms with E-state index in [9.17, 15) is 9.59 Å². The number of benzene rings is 1. The summed E-state index contributed by atoms with van der Waals surface area (Å²) in [5, 5.41) is 0. The molecule has 1 rings (SSSR count). The molecule has 0 aliphatic heterocycles. The molecule has 5 heteroatoms. The van der Waals surface area contributed by atoms with Crippen LogP contribution in [-0.2, 0) is 14.3 Å². The molecule has 1 amide bonds. The van der Waals surface area contributed by atoms with Gasteiger partial charge in [-0.25, -0.2) is 0 Å². The summed E-state index contributed by atoms with van der Waals surface area (Å²) in [5.41, 5.74) is 1.74. The van der Waals surface area contributed by atoms with Crippen molar-refractivity contribution in [1.29, 1.82) is 0 Å². The SMILES string of the molecule is CCCCOCCCN(CC(C)C(=O)OC)C(=O)c1ccc(C)cc1. The number of nitrogens with zero attached hydrogens (tertiary/aromatic N) is 1. The molecule has 0 saturated carbocycles. The minimum Gasteiger partial charge on any atom is -0.469 e. The van der Waals surface area contributed by atoms with Gasteiger partial charge < -0.3 is 14.4 Å². The average Bonchev–Trinajstić information content (AvgIpc) is 2.62. The summed E-state index contributed by atoms with van der Waals surface area (Å²) in [4.78, 5) is 26.2. The second-order valence-electron chi connectivity index (χ2n) is 6.36. The first-order valence-corrected chi connectivity index (χ1v) is 9.01. The highest BCUT2D eigenvalue weighted by molar-refractivity contribution is 5.94. The molecule has 1 aromatic carbocycles. The van der Waals surface area contributed by atoms with E-state index in [1.807, 2.05) is 31.2 Å². The number of methoxy groups -OCH3 is 1. The van der Waals surface area contributed by atoms with Crippen LogP contribution in [0, 0.1) is 12.8 Å². The van der Waals surface area contributed by atoms with Crippen molar-refractivity contribution in [1.82, 2.24) is 4.90 Å². The van der Waals surface area contributed by atoms with E-state index >= 15 is 0 Å². The highest BCUT2D eigenvalue weighted by Crippen LogP contribution is 2.11. The van der Waals surface area contributed by atoms with Crippen LogP contribution in [0.4, 0.5) is 0 Å². The first-order chi connectivity index (χ1) is 12.0. The Morgan fingerprint density at radius 3 is 2.36 bits per heavy atom. The van der Waals surface area contributed by atoms with Crippen molar-refractivity contribution in [3.8, 4) is 0 Å². The molecule has 1 unspecified atom stereocenters. The summed E-state index contributed by atoms with van der Waals surface area (Å²) < 4.78 is 10.4. The summed E-state index contributed by atoms with van der Waals surface area (Å²) in [6.07, 6.45) is 2.90. The number of aryl methyl sites for hydroxylation is 1. The largest absolute Gasteiger partial charge is 0.469 e. The van der Waals surface area contributed by atoms with Gasteiger partial charge in [0.15, 0.2) is 0 Å². The molecule has 1 atom stereocenters. The molecule has 0 aromatic heterocycles. The normalized spacial score (nSPS) is 11.8. The summed E-state index contributed by atoms with van der Waals surface area (Å²) in [7, 11) is 1.37. The lowest BCUT2D eigenvalue weighted by Crippen LogP contribution is -2.38. The summed E-state index contributed by atoms with van der Waals surface area (Å²) >= 11 is 0. The average molecular weight is 349 g/mol. The number of carbonyl (C=O) groups is 2. The lowest BCUT2D eigenvalue weighted by atomic mass is 10.1. The van der Waals surface area contributed by atoms with Crippen LogP contribution in [0.15, 0.2) is 24.3 Å². The van der Waals surface area contributed by atoms with E-state index < -0.39 is 0 Å². The molecule has 0 fully saturated rings. The summed E-state index contributed by atoms with van der Waals surface area (Å²) in [6.45, 7) is 8.15. The van der Waals surface area contributed by atoms with Crippen LogP contribution >= 0.6 is 0 Å². The van der Waals surface area contributed by atoms with E-state index in [2.05, 4.69) is 6.92 Å². The third kappa shape index (κ3) is 7.69. The quantitative estimate of drug-likeness (QED) is 0.453. The number of esters is 1. The molecule has 0 aliphatic carbocycles. The lowest BCUT2D eigenvalue weighted by Gasteiger charge is -2.25. The van der Waals surface area contributed by atoms with Gasteiger partial charge in [0.05, 0.1) is 13.0 Å². The maximum atomic E-state index is 12.8. The van der Waals surface area contributed by atoms with Crippen molar-refractivity contribution in [2.24, 2.45) is 5.92 Å². The fraction of sp³-hybridized carbons (Fsp3) is 0.600. The Labute approximate surface area is 151 Å². The summed E-state index contributed by atoms with van der Waals surface area (Å²) in [5.74, 6) is -0.731. The fourth-order valence-corrected chi connectivity index (χ4v) is 2.47. The Morgan fingerprint density at radius 1 is 1.12 bits per heavy atom. The number of hydrogen-bond acceptors (Lipinski definition) is 4. The maximum absolute atomic E-state index is 12.8. The number of carbonyl (C=O) groups excluding carboxylic acids is 2. The molecule has 1 aromatic rings. The van der Waals surface area contributed by atoms with Gasteiger partial charge in [-0.15, -0.1) is 0 Å². The molecule has 5 nitrogen and oxygen atoms in total. The van der Waals surface area contributed by atoms with Crippen molar-refractivity contribution in [3.63, 3.8) is 0 Å². The highest BCUT2D eigenvalue weighted by atomic mass is 16.5. The molecule has 0 aliphatic rings. The van der Waals surface area contributed by atoms with E-state index in [1.165, 1.54) is 7.11 Å². The molecule has 0 N–H and O–H groups in total. The highest BCUT2D eigenvalue weighted by Gasteiger charge is 2.22. The zero-order valence-corrected chi connectivity index (χ0v) is 15.9. The van der Waals surface area contributed by atoms with Crippen LogP contribution in [0.1, 0.15) is 49.0 Å². The van der Waals surface area contributed by atoms with E-state index in [4.69, 9.17) is 9.47 Å². The van der Waals surface area contributed by atoms with Crippen molar-refractivity contribution in [2.75, 3.05) is 33.4 Å². The minimum atomic E-state index is -0.361. The van der Waals surface area contributed by atoms with Crippen LogP contribution in [0.3, 0.4) is 0 Å². The van der Waals surface area contributed by atoms with Crippen LogP contribution < -0.4 is 0 Å². The van der Waals surface area contributed by atoms with Crippen molar-refractivity contribution in [3.05, 3.63) is 35.4 Å². The smallest absolute Gasteiger partial charge is 0.310 e. The molecule has 0 bridgehead atoms. The zero-order chi connectivity index (χ0) is 18.7. The molecular formula is C20H31NO4. The third-order valence-electron chi connectivity index (χ3n) is 4.04. The monoisotopic (exact) mass is 349 g/mol. The van der Waals surface area contributed by atoms with E-state index in [1.54, 1.807) is 11.8 Å². The van der Waals surface area contributed by atoms with Gasteiger partial charge >= 0.3 is 5.97 Å². The van der Waals surface area contributed by atoms with Crippen molar-refractivity contribution >= 4 is 11.9 Å². The van der Waals surface area contributed by atoms with Gasteiger partial charge in [-0.3, -0.25) is 9.59 Å². The van der Waals surface area contributed by atoms with Gasteiger partial charge in [-0.05, 0) is 31.9 Å². The minimum absolute atomic E-state index is 0.0655. The molecule has 0 heterocycles. The van der Waals surface area contributed by atoms with Crippen molar-refractivity contribution < 1.29 is 19.1 Å². The Morgan fingerprint density at radius 2 is 1.76 bits per heavy atom. The Hall–Kier alpha value is -1.88. The van der Waals surface area contributed by atoms with Gasteiger partial charge in [0.2, 0.25) is 0 Å². The van der Waals surface area contributed by atoms with Crippen LogP contribution in [0.2, 0.25) is 0 Å². The third-order valence-corrected chi connectivity index (χ3v) is 4.04. The molecule has 25 heavy (non-hydrogen) atoms. The zero-order valence-electron chi connectivity index (χ0n) is 15.9. The summed E-state index contributed by atoms with van der Waals surface area (Å²) in [6, 6.07) is 7.49. The molecule has 0 radical (unpaired) electrons. The standard InChI is InChI=1S/C20H31NO4/c1-5-6-13-25-14-7-12-21(15-17(3)20(23)24-4)19(22)18-10-8-16(2)9-11-18/h8-11,17H,5-7,12-15H2,1-4H3. The van der Waals surface area contributed by atoms with Gasteiger partial charge in [-0.1, -0.05) is 38.0 Å². The number of hydrogen-bond donors (Lipinski definition) is 0. The second kappa shape index (κ2) is 11.6. The Balaban J connectivity index is 2.67. The predicted octanol–water partition coefficient (Wildman–Crippen LogP) is 3.45. The predicted molar refractivity (Wildman–Crippen MR) is 98.6 cm³/mol. The number of rotatable bonds is 11. The van der Waals surface area contributed by atoms with E-state index in [0.717, 1.165) is 31.4 Å². The Kier molecular flexibility index (Phi) is 9.85. The van der Waals surface area contributed by atoms with Gasteiger partial charge in [0.1, 0.15) is 0 Å². The topological polar surface area (TPSA) is 55.8 Å². The maximum Gasteiger partial charge on any atom is 0.310 e.